The SMILES string of the molecule is Cc1ccc(OCc2nc(C)c(CNC(C)C)s2)c(C)c1. The molecule has 0 fully saturated rings. The average molecular weight is 304 g/mol. The molecule has 0 aliphatic carbocycles. The smallest absolute Gasteiger partial charge is 0.140 e. The Balaban J connectivity index is 1.98. The second-order valence-corrected chi connectivity index (χ2v) is 6.88. The van der Waals surface area contributed by atoms with Crippen molar-refractivity contribution in [2.75, 3.05) is 0 Å². The monoisotopic (exact) mass is 304 g/mol. The van der Waals surface area contributed by atoms with Crippen LogP contribution in [0, 0.1) is 20.8 Å². The van der Waals surface area contributed by atoms with Crippen LogP contribution in [0.3, 0.4) is 0 Å². The molecule has 0 radical (unpaired) electrons. The van der Waals surface area contributed by atoms with Gasteiger partial charge in [-0.1, -0.05) is 31.5 Å². The van der Waals surface area contributed by atoms with Crippen molar-refractivity contribution in [3.8, 4) is 5.75 Å². The number of nitrogens with one attached hydrogen (secondary N) is 1. The van der Waals surface area contributed by atoms with Crippen LogP contribution in [-0.2, 0) is 13.2 Å². The lowest BCUT2D eigenvalue weighted by molar-refractivity contribution is 0.303. The quantitative estimate of drug-likeness (QED) is 0.870. The zero-order valence-electron chi connectivity index (χ0n) is 13.5. The molecule has 1 N–H and O–H groups in total. The Labute approximate surface area is 131 Å². The molecule has 0 saturated heterocycles. The Hall–Kier alpha value is -1.39. The van der Waals surface area contributed by atoms with Gasteiger partial charge in [0.2, 0.25) is 0 Å². The Morgan fingerprint density at radius 3 is 2.67 bits per heavy atom. The summed E-state index contributed by atoms with van der Waals surface area (Å²) in [5.41, 5.74) is 3.53. The third-order valence-corrected chi connectivity index (χ3v) is 4.42. The van der Waals surface area contributed by atoms with Gasteiger partial charge in [0.05, 0.1) is 5.69 Å². The van der Waals surface area contributed by atoms with Crippen LogP contribution in [0.2, 0.25) is 0 Å². The van der Waals surface area contributed by atoms with Crippen LogP contribution in [0.1, 0.15) is 40.6 Å². The van der Waals surface area contributed by atoms with E-state index in [0.29, 0.717) is 12.6 Å². The van der Waals surface area contributed by atoms with Gasteiger partial charge in [0, 0.05) is 17.5 Å². The Morgan fingerprint density at radius 1 is 1.24 bits per heavy atom. The number of hydrogen-bond donors (Lipinski definition) is 1. The molecule has 1 aromatic carbocycles. The molecular weight excluding hydrogens is 280 g/mol. The van der Waals surface area contributed by atoms with Crippen LogP contribution in [0.4, 0.5) is 0 Å². The standard InChI is InChI=1S/C17H24N2OS/c1-11(2)18-9-16-14(5)19-17(21-16)10-20-15-7-6-12(3)8-13(15)4/h6-8,11,18H,9-10H2,1-5H3. The van der Waals surface area contributed by atoms with E-state index in [9.17, 15) is 0 Å². The molecule has 2 aromatic rings. The van der Waals surface area contributed by atoms with E-state index in [-0.39, 0.29) is 0 Å². The molecule has 0 spiro atoms. The van der Waals surface area contributed by atoms with Gasteiger partial charge in [-0.3, -0.25) is 0 Å². The third kappa shape index (κ3) is 4.55. The van der Waals surface area contributed by atoms with E-state index in [2.05, 4.69) is 57.1 Å². The molecule has 21 heavy (non-hydrogen) atoms. The first kappa shape index (κ1) is 16.0. The minimum absolute atomic E-state index is 0.487. The molecule has 0 saturated carbocycles. The van der Waals surface area contributed by atoms with Crippen molar-refractivity contribution < 1.29 is 4.74 Å². The van der Waals surface area contributed by atoms with Crippen LogP contribution in [0.5, 0.6) is 5.75 Å². The first-order valence-electron chi connectivity index (χ1n) is 7.34. The molecular formula is C17H24N2OS. The molecule has 2 rings (SSSR count). The van der Waals surface area contributed by atoms with Gasteiger partial charge in [0.25, 0.3) is 0 Å². The van der Waals surface area contributed by atoms with Gasteiger partial charge in [0.15, 0.2) is 0 Å². The number of hydrogen-bond acceptors (Lipinski definition) is 4. The van der Waals surface area contributed by atoms with E-state index in [0.717, 1.165) is 23.0 Å². The van der Waals surface area contributed by atoms with Crippen molar-refractivity contribution in [3.63, 3.8) is 0 Å². The predicted octanol–water partition coefficient (Wildman–Crippen LogP) is 4.15. The lowest BCUT2D eigenvalue weighted by atomic mass is 10.1. The van der Waals surface area contributed by atoms with E-state index in [1.807, 2.05) is 6.07 Å². The van der Waals surface area contributed by atoms with Gasteiger partial charge in [-0.25, -0.2) is 4.98 Å². The molecule has 114 valence electrons. The Kier molecular flexibility index (Phi) is 5.37. The lowest BCUT2D eigenvalue weighted by Crippen LogP contribution is -2.21. The molecule has 3 nitrogen and oxygen atoms in total. The molecule has 0 aliphatic heterocycles. The number of thiazole rings is 1. The number of benzene rings is 1. The summed E-state index contributed by atoms with van der Waals surface area (Å²) in [6.45, 7) is 12.0. The number of rotatable bonds is 6. The molecule has 0 atom stereocenters. The summed E-state index contributed by atoms with van der Waals surface area (Å²) in [6, 6.07) is 6.74. The normalized spacial score (nSPS) is 11.1. The minimum atomic E-state index is 0.487. The van der Waals surface area contributed by atoms with Gasteiger partial charge < -0.3 is 10.1 Å². The summed E-state index contributed by atoms with van der Waals surface area (Å²) >= 11 is 1.73. The van der Waals surface area contributed by atoms with Crippen LogP contribution in [-0.4, -0.2) is 11.0 Å². The van der Waals surface area contributed by atoms with Crippen LogP contribution >= 0.6 is 11.3 Å². The number of aryl methyl sites for hydroxylation is 3. The van der Waals surface area contributed by atoms with E-state index in [1.165, 1.54) is 16.0 Å². The molecule has 1 aromatic heterocycles. The molecule has 0 aliphatic rings. The second-order valence-electron chi connectivity index (χ2n) is 5.71. The fourth-order valence-electron chi connectivity index (χ4n) is 2.11. The van der Waals surface area contributed by atoms with Crippen molar-refractivity contribution in [1.82, 2.24) is 10.3 Å². The molecule has 1 heterocycles. The first-order chi connectivity index (χ1) is 9.95. The van der Waals surface area contributed by atoms with Gasteiger partial charge in [-0.2, -0.15) is 0 Å². The maximum atomic E-state index is 5.90. The third-order valence-electron chi connectivity index (χ3n) is 3.29. The van der Waals surface area contributed by atoms with Crippen LogP contribution < -0.4 is 10.1 Å². The van der Waals surface area contributed by atoms with Crippen LogP contribution in [0.25, 0.3) is 0 Å². The van der Waals surface area contributed by atoms with Crippen molar-refractivity contribution in [3.05, 3.63) is 44.9 Å². The number of ether oxygens (including phenoxy) is 1. The zero-order chi connectivity index (χ0) is 15.4. The van der Waals surface area contributed by atoms with Crippen molar-refractivity contribution in [1.29, 1.82) is 0 Å². The summed E-state index contributed by atoms with van der Waals surface area (Å²) < 4.78 is 5.90. The lowest BCUT2D eigenvalue weighted by Gasteiger charge is -2.08. The summed E-state index contributed by atoms with van der Waals surface area (Å²) in [6.07, 6.45) is 0. The van der Waals surface area contributed by atoms with E-state index in [4.69, 9.17) is 4.74 Å². The average Bonchev–Trinajstić information content (AvgIpc) is 2.76. The van der Waals surface area contributed by atoms with E-state index < -0.39 is 0 Å². The molecule has 0 unspecified atom stereocenters. The maximum Gasteiger partial charge on any atom is 0.140 e. The Morgan fingerprint density at radius 2 is 2.00 bits per heavy atom. The molecule has 0 bridgehead atoms. The summed E-state index contributed by atoms with van der Waals surface area (Å²) in [5, 5.41) is 4.47. The second kappa shape index (κ2) is 7.05. The maximum absolute atomic E-state index is 5.90. The fourth-order valence-corrected chi connectivity index (χ4v) is 3.05. The van der Waals surface area contributed by atoms with Gasteiger partial charge in [-0.15, -0.1) is 11.3 Å². The zero-order valence-corrected chi connectivity index (χ0v) is 14.3. The number of aromatic nitrogens is 1. The van der Waals surface area contributed by atoms with Gasteiger partial charge in [-0.05, 0) is 32.4 Å². The highest BCUT2D eigenvalue weighted by Gasteiger charge is 2.09. The first-order valence-corrected chi connectivity index (χ1v) is 8.16. The van der Waals surface area contributed by atoms with Crippen molar-refractivity contribution in [2.45, 2.75) is 53.8 Å². The van der Waals surface area contributed by atoms with Crippen molar-refractivity contribution in [2.24, 2.45) is 0 Å². The molecule has 0 amide bonds. The van der Waals surface area contributed by atoms with Gasteiger partial charge in [0.1, 0.15) is 17.4 Å². The summed E-state index contributed by atoms with van der Waals surface area (Å²) in [4.78, 5) is 5.90. The highest BCUT2D eigenvalue weighted by Crippen LogP contribution is 2.23. The van der Waals surface area contributed by atoms with Gasteiger partial charge >= 0.3 is 0 Å². The van der Waals surface area contributed by atoms with E-state index >= 15 is 0 Å². The molecule has 4 heteroatoms. The van der Waals surface area contributed by atoms with Crippen LogP contribution in [0.15, 0.2) is 18.2 Å². The Bertz CT molecular complexity index is 605. The van der Waals surface area contributed by atoms with E-state index in [1.54, 1.807) is 11.3 Å². The minimum Gasteiger partial charge on any atom is -0.486 e. The summed E-state index contributed by atoms with van der Waals surface area (Å²) in [7, 11) is 0. The van der Waals surface area contributed by atoms with Crippen molar-refractivity contribution >= 4 is 11.3 Å². The highest BCUT2D eigenvalue weighted by molar-refractivity contribution is 7.11. The summed E-state index contributed by atoms with van der Waals surface area (Å²) in [5.74, 6) is 0.940. The highest BCUT2D eigenvalue weighted by atomic mass is 32.1. The largest absolute Gasteiger partial charge is 0.486 e. The predicted molar refractivity (Wildman–Crippen MR) is 89.1 cm³/mol. The fraction of sp³-hybridized carbons (Fsp3) is 0.471. The topological polar surface area (TPSA) is 34.1 Å². The number of nitrogens with zero attached hydrogens (tertiary/aromatic N) is 1.